The number of nitrogens with two attached hydrogens (primary N) is 2. The molecule has 40 heavy (non-hydrogen) atoms. The second-order valence-corrected chi connectivity index (χ2v) is 10.2. The fourth-order valence-corrected chi connectivity index (χ4v) is 4.52. The summed E-state index contributed by atoms with van der Waals surface area (Å²) in [6, 6.07) is 12.3. The van der Waals surface area contributed by atoms with Crippen molar-refractivity contribution in [1.82, 2.24) is 0 Å². The number of rotatable bonds is 12. The minimum absolute atomic E-state index is 0.0142. The second-order valence-electron chi connectivity index (χ2n) is 10.2. The van der Waals surface area contributed by atoms with E-state index in [4.69, 9.17) is 30.4 Å². The predicted molar refractivity (Wildman–Crippen MR) is 153 cm³/mol. The average Bonchev–Trinajstić information content (AvgIpc) is 3.77. The Hall–Kier alpha value is -3.89. The van der Waals surface area contributed by atoms with Gasteiger partial charge in [0.05, 0.1) is 6.61 Å². The summed E-state index contributed by atoms with van der Waals surface area (Å²) in [6.07, 6.45) is 6.08. The van der Waals surface area contributed by atoms with E-state index in [-0.39, 0.29) is 29.3 Å². The SMILES string of the molecule is COCC(C)Oc1cc(Oc2ccc(N(CC3CC3)C(=O)C3CCOCC3)cc2)cc(C(=O)N=C(N)/C=C\N)c1. The number of ether oxygens (including phenoxy) is 4. The van der Waals surface area contributed by atoms with Crippen LogP contribution < -0.4 is 25.8 Å². The molecule has 1 aliphatic heterocycles. The third kappa shape index (κ3) is 8.30. The zero-order chi connectivity index (χ0) is 28.5. The van der Waals surface area contributed by atoms with Crippen molar-refractivity contribution < 1.29 is 28.5 Å². The van der Waals surface area contributed by atoms with E-state index < -0.39 is 5.91 Å². The molecule has 0 bridgehead atoms. The molecule has 2 fully saturated rings. The van der Waals surface area contributed by atoms with Gasteiger partial charge in [-0.2, -0.15) is 4.99 Å². The highest BCUT2D eigenvalue weighted by Crippen LogP contribution is 2.34. The van der Waals surface area contributed by atoms with Gasteiger partial charge < -0.3 is 35.3 Å². The first-order valence-electron chi connectivity index (χ1n) is 13.6. The van der Waals surface area contributed by atoms with Crippen molar-refractivity contribution in [1.29, 1.82) is 0 Å². The highest BCUT2D eigenvalue weighted by molar-refractivity contribution is 6.06. The van der Waals surface area contributed by atoms with Gasteiger partial charge in [-0.05, 0) is 87.2 Å². The lowest BCUT2D eigenvalue weighted by molar-refractivity contribution is -0.125. The largest absolute Gasteiger partial charge is 0.488 e. The lowest BCUT2D eigenvalue weighted by Gasteiger charge is -2.29. The summed E-state index contributed by atoms with van der Waals surface area (Å²) in [4.78, 5) is 31.9. The fourth-order valence-electron chi connectivity index (χ4n) is 4.52. The number of hydrogen-bond acceptors (Lipinski definition) is 7. The molecule has 2 aliphatic rings. The van der Waals surface area contributed by atoms with Crippen molar-refractivity contribution in [3.05, 3.63) is 60.3 Å². The van der Waals surface area contributed by atoms with Gasteiger partial charge in [0.15, 0.2) is 0 Å². The van der Waals surface area contributed by atoms with Crippen LogP contribution in [-0.2, 0) is 14.3 Å². The summed E-state index contributed by atoms with van der Waals surface area (Å²) in [5.74, 6) is 1.46. The lowest BCUT2D eigenvalue weighted by atomic mass is 9.98. The smallest absolute Gasteiger partial charge is 0.279 e. The molecule has 1 saturated carbocycles. The molecular formula is C30H38N4O6. The molecule has 1 unspecified atom stereocenters. The molecule has 0 aromatic heterocycles. The van der Waals surface area contributed by atoms with Crippen LogP contribution in [0, 0.1) is 11.8 Å². The number of nitrogens with zero attached hydrogens (tertiary/aromatic N) is 2. The maximum absolute atomic E-state index is 13.4. The zero-order valence-electron chi connectivity index (χ0n) is 23.1. The van der Waals surface area contributed by atoms with E-state index in [0.717, 1.165) is 37.9 Å². The molecule has 2 aromatic rings. The summed E-state index contributed by atoms with van der Waals surface area (Å²) in [5.41, 5.74) is 12.2. The molecule has 1 heterocycles. The molecule has 2 amide bonds. The van der Waals surface area contributed by atoms with E-state index >= 15 is 0 Å². The quantitative estimate of drug-likeness (QED) is 0.298. The van der Waals surface area contributed by atoms with Crippen LogP contribution in [0.25, 0.3) is 0 Å². The van der Waals surface area contributed by atoms with Crippen molar-refractivity contribution >= 4 is 23.3 Å². The first-order valence-corrected chi connectivity index (χ1v) is 13.6. The summed E-state index contributed by atoms with van der Waals surface area (Å²) in [5, 5.41) is 0. The van der Waals surface area contributed by atoms with Crippen LogP contribution in [0.15, 0.2) is 59.7 Å². The van der Waals surface area contributed by atoms with Gasteiger partial charge in [-0.15, -0.1) is 0 Å². The summed E-state index contributed by atoms with van der Waals surface area (Å²) >= 11 is 0. The van der Waals surface area contributed by atoms with Crippen LogP contribution in [-0.4, -0.2) is 57.2 Å². The average molecular weight is 551 g/mol. The molecule has 4 N–H and O–H groups in total. The summed E-state index contributed by atoms with van der Waals surface area (Å²) in [6.45, 7) is 4.20. The highest BCUT2D eigenvalue weighted by Gasteiger charge is 2.32. The Kier molecular flexibility index (Phi) is 10.2. The number of methoxy groups -OCH3 is 1. The maximum atomic E-state index is 13.4. The fraction of sp³-hybridized carbons (Fsp3) is 0.433. The second kappa shape index (κ2) is 14.0. The van der Waals surface area contributed by atoms with E-state index in [2.05, 4.69) is 4.99 Å². The molecule has 10 nitrogen and oxygen atoms in total. The number of hydrogen-bond donors (Lipinski definition) is 2. The number of amides is 2. The Morgan fingerprint density at radius 2 is 1.77 bits per heavy atom. The predicted octanol–water partition coefficient (Wildman–Crippen LogP) is 4.03. The standard InChI is InChI=1S/C30H38N4O6/c1-20(19-37-2)39-26-15-23(29(35)33-28(32)9-12-31)16-27(17-26)40-25-7-5-24(6-8-25)34(18-21-3-4-21)30(36)22-10-13-38-14-11-22/h5-9,12,15-17,20-22H,3-4,10-11,13-14,18-19,31H2,1-2H3,(H2,32,33,35)/b12-9-. The summed E-state index contributed by atoms with van der Waals surface area (Å²) in [7, 11) is 1.59. The van der Waals surface area contributed by atoms with E-state index in [1.807, 2.05) is 36.1 Å². The van der Waals surface area contributed by atoms with E-state index in [0.29, 0.717) is 43.0 Å². The van der Waals surface area contributed by atoms with E-state index in [9.17, 15) is 9.59 Å². The molecule has 10 heteroatoms. The van der Waals surface area contributed by atoms with Crippen molar-refractivity contribution in [2.24, 2.45) is 28.3 Å². The Balaban J connectivity index is 1.54. The van der Waals surface area contributed by atoms with Gasteiger partial charge in [0, 0.05) is 50.1 Å². The molecule has 1 atom stereocenters. The van der Waals surface area contributed by atoms with Crippen molar-refractivity contribution in [3.8, 4) is 17.2 Å². The maximum Gasteiger partial charge on any atom is 0.279 e. The molecule has 1 aliphatic carbocycles. The monoisotopic (exact) mass is 550 g/mol. The molecule has 4 rings (SSSR count). The normalized spacial score (nSPS) is 17.0. The first kappa shape index (κ1) is 29.1. The summed E-state index contributed by atoms with van der Waals surface area (Å²) < 4.78 is 22.6. The van der Waals surface area contributed by atoms with Crippen LogP contribution in [0.3, 0.4) is 0 Å². The molecule has 1 saturated heterocycles. The number of carbonyl (C=O) groups excluding carboxylic acids is 2. The minimum Gasteiger partial charge on any atom is -0.488 e. The highest BCUT2D eigenvalue weighted by atomic mass is 16.5. The first-order chi connectivity index (χ1) is 19.4. The van der Waals surface area contributed by atoms with Crippen LogP contribution in [0.5, 0.6) is 17.2 Å². The van der Waals surface area contributed by atoms with Gasteiger partial charge in [-0.25, -0.2) is 0 Å². The van der Waals surface area contributed by atoms with Crippen molar-refractivity contribution in [2.75, 3.05) is 38.4 Å². The molecule has 0 spiro atoms. The molecule has 2 aromatic carbocycles. The number of amidine groups is 1. The Morgan fingerprint density at radius 1 is 1.07 bits per heavy atom. The number of benzene rings is 2. The number of aliphatic imine (C=N–C) groups is 1. The number of carbonyl (C=O) groups is 2. The Labute approximate surface area is 234 Å². The van der Waals surface area contributed by atoms with Crippen LogP contribution in [0.4, 0.5) is 5.69 Å². The zero-order valence-corrected chi connectivity index (χ0v) is 23.1. The third-order valence-corrected chi connectivity index (χ3v) is 6.72. The van der Waals surface area contributed by atoms with Crippen LogP contribution in [0.1, 0.15) is 43.0 Å². The third-order valence-electron chi connectivity index (χ3n) is 6.72. The van der Waals surface area contributed by atoms with Crippen LogP contribution in [0.2, 0.25) is 0 Å². The van der Waals surface area contributed by atoms with Gasteiger partial charge in [-0.3, -0.25) is 9.59 Å². The van der Waals surface area contributed by atoms with Crippen molar-refractivity contribution in [3.63, 3.8) is 0 Å². The van der Waals surface area contributed by atoms with Gasteiger partial charge in [0.2, 0.25) is 5.91 Å². The molecule has 0 radical (unpaired) electrons. The topological polar surface area (TPSA) is 139 Å². The Morgan fingerprint density at radius 3 is 2.42 bits per heavy atom. The van der Waals surface area contributed by atoms with Gasteiger partial charge >= 0.3 is 0 Å². The molecule has 214 valence electrons. The van der Waals surface area contributed by atoms with Gasteiger partial charge in [0.25, 0.3) is 5.91 Å². The van der Waals surface area contributed by atoms with Gasteiger partial charge in [-0.1, -0.05) is 0 Å². The number of anilines is 1. The van der Waals surface area contributed by atoms with Crippen LogP contribution >= 0.6 is 0 Å². The molecular weight excluding hydrogens is 512 g/mol. The Bertz CT molecular complexity index is 1220. The van der Waals surface area contributed by atoms with Crippen molar-refractivity contribution in [2.45, 2.75) is 38.7 Å². The van der Waals surface area contributed by atoms with Gasteiger partial charge in [0.1, 0.15) is 29.2 Å². The minimum atomic E-state index is -0.567. The van der Waals surface area contributed by atoms with E-state index in [1.165, 1.54) is 12.3 Å². The van der Waals surface area contributed by atoms with E-state index in [1.54, 1.807) is 25.3 Å². The lowest BCUT2D eigenvalue weighted by Crippen LogP contribution is -2.39.